The van der Waals surface area contributed by atoms with Crippen molar-refractivity contribution >= 4 is 15.4 Å². The number of aliphatic hydroxyl groups is 1. The van der Waals surface area contributed by atoms with E-state index in [2.05, 4.69) is 0 Å². The minimum absolute atomic E-state index is 0.0346. The SMILES string of the molecule is Cc1ccc(/C(=C(/C(O)c2ccccc2)S(=O)(=O)c2ccc(C)cc2)c2ccccc2)cc1. The molecule has 1 N–H and O–H groups in total. The molecule has 33 heavy (non-hydrogen) atoms. The molecule has 1 unspecified atom stereocenters. The molecule has 4 rings (SSSR count). The van der Waals surface area contributed by atoms with Gasteiger partial charge in [-0.05, 0) is 42.7 Å². The summed E-state index contributed by atoms with van der Waals surface area (Å²) in [4.78, 5) is 0.117. The van der Waals surface area contributed by atoms with Crippen LogP contribution in [0.15, 0.2) is 119 Å². The number of sulfone groups is 1. The number of hydrogen-bond donors (Lipinski definition) is 1. The van der Waals surface area contributed by atoms with Gasteiger partial charge in [0.25, 0.3) is 0 Å². The second-order valence-corrected chi connectivity index (χ2v) is 10.0. The van der Waals surface area contributed by atoms with E-state index in [1.54, 1.807) is 48.5 Å². The van der Waals surface area contributed by atoms with Crippen molar-refractivity contribution in [1.29, 1.82) is 0 Å². The molecule has 166 valence electrons. The van der Waals surface area contributed by atoms with E-state index in [1.165, 1.54) is 0 Å². The van der Waals surface area contributed by atoms with E-state index in [-0.39, 0.29) is 9.80 Å². The third-order valence-electron chi connectivity index (χ3n) is 5.63. The van der Waals surface area contributed by atoms with Crippen LogP contribution < -0.4 is 0 Å². The first kappa shape index (κ1) is 22.7. The maximum Gasteiger partial charge on any atom is 0.206 e. The highest BCUT2D eigenvalue weighted by molar-refractivity contribution is 7.95. The maximum atomic E-state index is 14.1. The van der Waals surface area contributed by atoms with Crippen LogP contribution in [-0.2, 0) is 9.84 Å². The van der Waals surface area contributed by atoms with E-state index in [0.717, 1.165) is 22.3 Å². The van der Waals surface area contributed by atoms with Crippen LogP contribution in [0.2, 0.25) is 0 Å². The fourth-order valence-corrected chi connectivity index (χ4v) is 5.51. The van der Waals surface area contributed by atoms with E-state index >= 15 is 0 Å². The molecular formula is C29H26O3S. The van der Waals surface area contributed by atoms with Gasteiger partial charge in [0.2, 0.25) is 9.84 Å². The number of hydrogen-bond acceptors (Lipinski definition) is 3. The second kappa shape index (κ2) is 9.57. The van der Waals surface area contributed by atoms with Crippen molar-refractivity contribution < 1.29 is 13.5 Å². The van der Waals surface area contributed by atoms with Crippen LogP contribution in [0.5, 0.6) is 0 Å². The van der Waals surface area contributed by atoms with E-state index in [4.69, 9.17) is 0 Å². The van der Waals surface area contributed by atoms with Gasteiger partial charge in [-0.1, -0.05) is 108 Å². The molecular weight excluding hydrogens is 428 g/mol. The Morgan fingerprint density at radius 1 is 0.636 bits per heavy atom. The average Bonchev–Trinajstić information content (AvgIpc) is 2.84. The lowest BCUT2D eigenvalue weighted by Gasteiger charge is -2.22. The van der Waals surface area contributed by atoms with Crippen molar-refractivity contribution in [2.24, 2.45) is 0 Å². The van der Waals surface area contributed by atoms with E-state index in [9.17, 15) is 13.5 Å². The molecule has 0 radical (unpaired) electrons. The molecule has 0 saturated heterocycles. The fraction of sp³-hybridized carbons (Fsp3) is 0.103. The number of benzene rings is 4. The molecule has 0 saturated carbocycles. The molecule has 4 aromatic carbocycles. The van der Waals surface area contributed by atoms with Crippen molar-refractivity contribution in [3.05, 3.63) is 142 Å². The summed E-state index contributed by atoms with van der Waals surface area (Å²) in [5, 5.41) is 11.5. The zero-order valence-corrected chi connectivity index (χ0v) is 19.5. The molecule has 0 aliphatic heterocycles. The summed E-state index contributed by atoms with van der Waals surface area (Å²) in [6, 6.07) is 32.7. The van der Waals surface area contributed by atoms with Crippen LogP contribution >= 0.6 is 0 Å². The van der Waals surface area contributed by atoms with Crippen LogP contribution in [0.3, 0.4) is 0 Å². The Morgan fingerprint density at radius 2 is 1.09 bits per heavy atom. The molecule has 0 spiro atoms. The minimum Gasteiger partial charge on any atom is -0.383 e. The van der Waals surface area contributed by atoms with E-state index in [0.29, 0.717) is 11.1 Å². The summed E-state index contributed by atoms with van der Waals surface area (Å²) >= 11 is 0. The lowest BCUT2D eigenvalue weighted by atomic mass is 9.94. The molecule has 0 aliphatic carbocycles. The third kappa shape index (κ3) is 4.82. The molecule has 1 atom stereocenters. The standard InChI is InChI=1S/C29H26O3S/c1-21-13-17-24(18-14-21)27(23-9-5-3-6-10-23)29(28(30)25-11-7-4-8-12-25)33(31,32)26-19-15-22(2)16-20-26/h3-20,28,30H,1-2H3/b29-27-. The van der Waals surface area contributed by atoms with Gasteiger partial charge in [0, 0.05) is 5.57 Å². The van der Waals surface area contributed by atoms with E-state index < -0.39 is 15.9 Å². The summed E-state index contributed by atoms with van der Waals surface area (Å²) in [5.41, 5.74) is 4.49. The Hall–Kier alpha value is -3.47. The quantitative estimate of drug-likeness (QED) is 0.374. The van der Waals surface area contributed by atoms with Crippen LogP contribution in [0.25, 0.3) is 5.57 Å². The van der Waals surface area contributed by atoms with Gasteiger partial charge in [0.1, 0.15) is 6.10 Å². The molecule has 0 heterocycles. The van der Waals surface area contributed by atoms with Crippen LogP contribution in [0, 0.1) is 13.8 Å². The monoisotopic (exact) mass is 454 g/mol. The highest BCUT2D eigenvalue weighted by Crippen LogP contribution is 2.39. The lowest BCUT2D eigenvalue weighted by Crippen LogP contribution is -2.16. The van der Waals surface area contributed by atoms with Gasteiger partial charge < -0.3 is 5.11 Å². The molecule has 4 heteroatoms. The average molecular weight is 455 g/mol. The first-order valence-electron chi connectivity index (χ1n) is 10.8. The Morgan fingerprint density at radius 3 is 1.64 bits per heavy atom. The number of aryl methyl sites for hydroxylation is 2. The lowest BCUT2D eigenvalue weighted by molar-refractivity contribution is 0.224. The molecule has 0 amide bonds. The maximum absolute atomic E-state index is 14.1. The van der Waals surface area contributed by atoms with E-state index in [1.807, 2.05) is 74.5 Å². The molecule has 0 aromatic heterocycles. The van der Waals surface area contributed by atoms with Crippen molar-refractivity contribution in [3.8, 4) is 0 Å². The second-order valence-electron chi connectivity index (χ2n) is 8.10. The predicted molar refractivity (Wildman–Crippen MR) is 133 cm³/mol. The number of aliphatic hydroxyl groups excluding tert-OH is 1. The highest BCUT2D eigenvalue weighted by Gasteiger charge is 2.32. The Balaban J connectivity index is 2.09. The molecule has 0 fully saturated rings. The van der Waals surface area contributed by atoms with Gasteiger partial charge in [-0.2, -0.15) is 0 Å². The number of rotatable bonds is 6. The van der Waals surface area contributed by atoms with Crippen LogP contribution in [0.4, 0.5) is 0 Å². The zero-order chi connectivity index (χ0) is 23.4. The van der Waals surface area contributed by atoms with Gasteiger partial charge in [0.15, 0.2) is 0 Å². The first-order valence-corrected chi connectivity index (χ1v) is 12.3. The van der Waals surface area contributed by atoms with Gasteiger partial charge >= 0.3 is 0 Å². The minimum atomic E-state index is -4.04. The largest absolute Gasteiger partial charge is 0.383 e. The molecule has 3 nitrogen and oxygen atoms in total. The molecule has 4 aromatic rings. The topological polar surface area (TPSA) is 54.4 Å². The van der Waals surface area contributed by atoms with Gasteiger partial charge in [-0.15, -0.1) is 0 Å². The summed E-state index contributed by atoms with van der Waals surface area (Å²) in [6.07, 6.45) is -1.34. The Bertz CT molecular complexity index is 1350. The normalized spacial score (nSPS) is 13.3. The third-order valence-corrected chi connectivity index (χ3v) is 7.53. The van der Waals surface area contributed by atoms with Gasteiger partial charge in [-0.3, -0.25) is 0 Å². The summed E-state index contributed by atoms with van der Waals surface area (Å²) in [6.45, 7) is 3.89. The van der Waals surface area contributed by atoms with Crippen molar-refractivity contribution in [3.63, 3.8) is 0 Å². The van der Waals surface area contributed by atoms with Crippen LogP contribution in [0.1, 0.15) is 33.9 Å². The van der Waals surface area contributed by atoms with Crippen molar-refractivity contribution in [1.82, 2.24) is 0 Å². The first-order chi connectivity index (χ1) is 15.9. The van der Waals surface area contributed by atoms with Crippen molar-refractivity contribution in [2.45, 2.75) is 24.8 Å². The summed E-state index contributed by atoms with van der Waals surface area (Å²) in [5.74, 6) is 0. The molecule has 0 aliphatic rings. The summed E-state index contributed by atoms with van der Waals surface area (Å²) < 4.78 is 28.2. The Labute approximate surface area is 195 Å². The van der Waals surface area contributed by atoms with Gasteiger partial charge in [-0.25, -0.2) is 8.42 Å². The molecule has 0 bridgehead atoms. The van der Waals surface area contributed by atoms with Crippen molar-refractivity contribution in [2.75, 3.05) is 0 Å². The summed E-state index contributed by atoms with van der Waals surface area (Å²) in [7, 11) is -4.04. The smallest absolute Gasteiger partial charge is 0.206 e. The predicted octanol–water partition coefficient (Wildman–Crippen LogP) is 6.27. The highest BCUT2D eigenvalue weighted by atomic mass is 32.2. The zero-order valence-electron chi connectivity index (χ0n) is 18.6. The Kier molecular flexibility index (Phi) is 6.59. The fourth-order valence-electron chi connectivity index (χ4n) is 3.83. The van der Waals surface area contributed by atoms with Crippen LogP contribution in [-0.4, -0.2) is 13.5 Å². The van der Waals surface area contributed by atoms with Gasteiger partial charge in [0.05, 0.1) is 9.80 Å².